The summed E-state index contributed by atoms with van der Waals surface area (Å²) in [4.78, 5) is 41.8. The molecule has 0 saturated carbocycles. The summed E-state index contributed by atoms with van der Waals surface area (Å²) in [6.45, 7) is 5.50. The molecule has 4 rings (SSSR count). The maximum absolute atomic E-state index is 13.8. The van der Waals surface area contributed by atoms with Gasteiger partial charge in [0.15, 0.2) is 0 Å². The highest BCUT2D eigenvalue weighted by Gasteiger charge is 2.58. The standard InChI is InChI=1S/C27H33N3O4/c1-15(2)21(14-31)30-24(20-12-9-16(3)22(25(32)28-4)23(20)27(30)34)26(33)29-19-11-10-17-7-5-6-8-18(17)13-19/h5-13,15-16,20-24,31H,14H2,1-4H3,(H,28,32)(H,29,33)/t16-,20+,21+,22-,23-,24+/m1/s1. The molecule has 2 aromatic rings. The van der Waals surface area contributed by atoms with Gasteiger partial charge in [-0.15, -0.1) is 0 Å². The minimum absolute atomic E-state index is 0.0649. The maximum atomic E-state index is 13.8. The number of aliphatic hydroxyl groups excluding tert-OH is 1. The summed E-state index contributed by atoms with van der Waals surface area (Å²) in [6.07, 6.45) is 3.84. The van der Waals surface area contributed by atoms with Gasteiger partial charge in [-0.3, -0.25) is 14.4 Å². The number of allylic oxidation sites excluding steroid dienone is 1. The first-order chi connectivity index (χ1) is 16.3. The highest BCUT2D eigenvalue weighted by Crippen LogP contribution is 2.45. The third-order valence-electron chi connectivity index (χ3n) is 7.36. The summed E-state index contributed by atoms with van der Waals surface area (Å²) >= 11 is 0. The highest BCUT2D eigenvalue weighted by atomic mass is 16.3. The van der Waals surface area contributed by atoms with E-state index < -0.39 is 29.8 Å². The van der Waals surface area contributed by atoms with Crippen molar-refractivity contribution >= 4 is 34.2 Å². The number of rotatable bonds is 6. The van der Waals surface area contributed by atoms with Gasteiger partial charge in [-0.1, -0.05) is 63.3 Å². The molecule has 1 aliphatic carbocycles. The van der Waals surface area contributed by atoms with Crippen molar-refractivity contribution in [2.75, 3.05) is 19.0 Å². The second kappa shape index (κ2) is 9.58. The zero-order valence-corrected chi connectivity index (χ0v) is 20.1. The van der Waals surface area contributed by atoms with Gasteiger partial charge in [0.25, 0.3) is 0 Å². The van der Waals surface area contributed by atoms with Gasteiger partial charge in [-0.25, -0.2) is 0 Å². The average Bonchev–Trinajstić information content (AvgIpc) is 3.11. The Hall–Kier alpha value is -3.19. The van der Waals surface area contributed by atoms with E-state index in [1.54, 1.807) is 7.05 Å². The predicted molar refractivity (Wildman–Crippen MR) is 132 cm³/mol. The zero-order chi connectivity index (χ0) is 24.6. The van der Waals surface area contributed by atoms with E-state index in [0.29, 0.717) is 5.69 Å². The molecule has 7 nitrogen and oxygen atoms in total. The van der Waals surface area contributed by atoms with Crippen LogP contribution in [0.2, 0.25) is 0 Å². The summed E-state index contributed by atoms with van der Waals surface area (Å²) < 4.78 is 0. The Balaban J connectivity index is 1.73. The van der Waals surface area contributed by atoms with E-state index in [0.717, 1.165) is 10.8 Å². The fraction of sp³-hybridized carbons (Fsp3) is 0.444. The van der Waals surface area contributed by atoms with Gasteiger partial charge in [0.05, 0.1) is 24.5 Å². The Kier molecular flexibility index (Phi) is 6.75. The molecule has 180 valence electrons. The van der Waals surface area contributed by atoms with Crippen molar-refractivity contribution in [2.24, 2.45) is 29.6 Å². The number of carbonyl (C=O) groups excluding carboxylic acids is 3. The van der Waals surface area contributed by atoms with Crippen LogP contribution in [-0.2, 0) is 14.4 Å². The molecule has 3 amide bonds. The average molecular weight is 464 g/mol. The number of likely N-dealkylation sites (tertiary alicyclic amines) is 1. The molecule has 2 aliphatic rings. The number of aliphatic hydroxyl groups is 1. The van der Waals surface area contributed by atoms with E-state index in [1.165, 1.54) is 4.90 Å². The Morgan fingerprint density at radius 3 is 2.41 bits per heavy atom. The van der Waals surface area contributed by atoms with Crippen molar-refractivity contribution < 1.29 is 19.5 Å². The minimum Gasteiger partial charge on any atom is -0.394 e. The van der Waals surface area contributed by atoms with Crippen LogP contribution in [0.4, 0.5) is 5.69 Å². The van der Waals surface area contributed by atoms with E-state index >= 15 is 0 Å². The van der Waals surface area contributed by atoms with Crippen LogP contribution in [-0.4, -0.2) is 53.5 Å². The van der Waals surface area contributed by atoms with Gasteiger partial charge >= 0.3 is 0 Å². The molecule has 0 spiro atoms. The van der Waals surface area contributed by atoms with Gasteiger partial charge < -0.3 is 20.6 Å². The van der Waals surface area contributed by atoms with Crippen LogP contribution in [0.5, 0.6) is 0 Å². The molecule has 0 aromatic heterocycles. The Bertz CT molecular complexity index is 1130. The van der Waals surface area contributed by atoms with Crippen LogP contribution >= 0.6 is 0 Å². The van der Waals surface area contributed by atoms with Crippen molar-refractivity contribution in [1.29, 1.82) is 0 Å². The molecule has 34 heavy (non-hydrogen) atoms. The third kappa shape index (κ3) is 4.09. The van der Waals surface area contributed by atoms with Crippen molar-refractivity contribution in [3.63, 3.8) is 0 Å². The largest absolute Gasteiger partial charge is 0.394 e. The number of anilines is 1. The summed E-state index contributed by atoms with van der Waals surface area (Å²) in [5.74, 6) is -2.66. The fourth-order valence-corrected chi connectivity index (χ4v) is 5.57. The molecule has 2 aromatic carbocycles. The topological polar surface area (TPSA) is 98.7 Å². The second-order valence-electron chi connectivity index (χ2n) is 9.72. The van der Waals surface area contributed by atoms with Gasteiger partial charge in [0.2, 0.25) is 17.7 Å². The van der Waals surface area contributed by atoms with E-state index in [1.807, 2.05) is 75.4 Å². The SMILES string of the molecule is CNC(=O)[C@H]1[C@@H]2C(=O)N([C@@H](CO)C(C)C)[C@H](C(=O)Nc3ccc4ccccc4c3)[C@H]2C=C[C@H]1C. The van der Waals surface area contributed by atoms with Gasteiger partial charge in [0, 0.05) is 18.7 Å². The number of carbonyl (C=O) groups is 3. The van der Waals surface area contributed by atoms with Crippen LogP contribution < -0.4 is 10.6 Å². The lowest BCUT2D eigenvalue weighted by atomic mass is 9.70. The minimum atomic E-state index is -0.820. The predicted octanol–water partition coefficient (Wildman–Crippen LogP) is 2.81. The summed E-state index contributed by atoms with van der Waals surface area (Å²) in [6, 6.07) is 12.2. The Morgan fingerprint density at radius 2 is 1.76 bits per heavy atom. The zero-order valence-electron chi connectivity index (χ0n) is 20.1. The van der Waals surface area contributed by atoms with E-state index in [9.17, 15) is 19.5 Å². The second-order valence-corrected chi connectivity index (χ2v) is 9.72. The van der Waals surface area contributed by atoms with Crippen LogP contribution in [0.3, 0.4) is 0 Å². The number of nitrogens with one attached hydrogen (secondary N) is 2. The fourth-order valence-electron chi connectivity index (χ4n) is 5.57. The van der Waals surface area contributed by atoms with Crippen molar-refractivity contribution in [1.82, 2.24) is 10.2 Å². The highest BCUT2D eigenvalue weighted by molar-refractivity contribution is 6.03. The van der Waals surface area contributed by atoms with E-state index in [4.69, 9.17) is 0 Å². The molecule has 0 bridgehead atoms. The molecular formula is C27H33N3O4. The first-order valence-corrected chi connectivity index (χ1v) is 11.9. The monoisotopic (exact) mass is 463 g/mol. The van der Waals surface area contributed by atoms with Crippen LogP contribution in [0.25, 0.3) is 10.8 Å². The third-order valence-corrected chi connectivity index (χ3v) is 7.36. The molecular weight excluding hydrogens is 430 g/mol. The molecule has 7 heteroatoms. The van der Waals surface area contributed by atoms with E-state index in [-0.39, 0.29) is 36.2 Å². The van der Waals surface area contributed by atoms with Crippen molar-refractivity contribution in [3.8, 4) is 0 Å². The normalized spacial score (nSPS) is 27.1. The number of hydrogen-bond acceptors (Lipinski definition) is 4. The summed E-state index contributed by atoms with van der Waals surface area (Å²) in [7, 11) is 1.56. The van der Waals surface area contributed by atoms with Gasteiger partial charge in [0.1, 0.15) is 6.04 Å². The van der Waals surface area contributed by atoms with Crippen molar-refractivity contribution in [3.05, 3.63) is 54.6 Å². The quantitative estimate of drug-likeness (QED) is 0.574. The Morgan fingerprint density at radius 1 is 1.06 bits per heavy atom. The number of amides is 3. The lowest BCUT2D eigenvalue weighted by molar-refractivity contribution is -0.143. The van der Waals surface area contributed by atoms with Gasteiger partial charge in [-0.05, 0) is 34.7 Å². The number of hydrogen-bond donors (Lipinski definition) is 3. The van der Waals surface area contributed by atoms with Crippen LogP contribution in [0.1, 0.15) is 20.8 Å². The molecule has 6 atom stereocenters. The molecule has 3 N–H and O–H groups in total. The smallest absolute Gasteiger partial charge is 0.247 e. The Labute approximate surface area is 200 Å². The summed E-state index contributed by atoms with van der Waals surface area (Å²) in [5, 5.41) is 17.9. The lowest BCUT2D eigenvalue weighted by Gasteiger charge is -2.35. The lowest BCUT2D eigenvalue weighted by Crippen LogP contribution is -2.52. The molecule has 1 aliphatic heterocycles. The molecule has 0 radical (unpaired) electrons. The maximum Gasteiger partial charge on any atom is 0.247 e. The molecule has 1 heterocycles. The number of fused-ring (bicyclic) bond motifs is 2. The molecule has 1 fully saturated rings. The number of benzene rings is 2. The van der Waals surface area contributed by atoms with Crippen LogP contribution in [0, 0.1) is 29.6 Å². The van der Waals surface area contributed by atoms with Crippen LogP contribution in [0.15, 0.2) is 54.6 Å². The number of nitrogens with zero attached hydrogens (tertiary/aromatic N) is 1. The molecule has 1 saturated heterocycles. The molecule has 0 unspecified atom stereocenters. The van der Waals surface area contributed by atoms with Gasteiger partial charge in [-0.2, -0.15) is 0 Å². The summed E-state index contributed by atoms with van der Waals surface area (Å²) in [5.41, 5.74) is 0.639. The van der Waals surface area contributed by atoms with Crippen molar-refractivity contribution in [2.45, 2.75) is 32.9 Å². The first-order valence-electron chi connectivity index (χ1n) is 11.9. The first kappa shape index (κ1) is 24.0. The van der Waals surface area contributed by atoms with E-state index in [2.05, 4.69) is 10.6 Å².